The van der Waals surface area contributed by atoms with Crippen LogP contribution in [0.15, 0.2) is 6.07 Å². The highest BCUT2D eigenvalue weighted by Crippen LogP contribution is 2.27. The van der Waals surface area contributed by atoms with E-state index in [0.717, 1.165) is 4.88 Å². The highest BCUT2D eigenvalue weighted by molar-refractivity contribution is 7.90. The normalized spacial score (nSPS) is 14.1. The summed E-state index contributed by atoms with van der Waals surface area (Å²) in [6.07, 6.45) is 1.27. The van der Waals surface area contributed by atoms with E-state index in [-0.39, 0.29) is 11.8 Å². The summed E-state index contributed by atoms with van der Waals surface area (Å²) in [5.74, 6) is 0.157. The molecule has 0 aliphatic carbocycles. The molecule has 0 fully saturated rings. The number of rotatable bonds is 4. The Morgan fingerprint density at radius 1 is 1.47 bits per heavy atom. The van der Waals surface area contributed by atoms with Crippen molar-refractivity contribution in [3.8, 4) is 0 Å². The van der Waals surface area contributed by atoms with Crippen molar-refractivity contribution in [2.24, 2.45) is 0 Å². The van der Waals surface area contributed by atoms with Gasteiger partial charge in [0, 0.05) is 16.0 Å². The SMILES string of the molecule is CNC(CS(C)(=O)=O)c1sc(C)cc1C. The second-order valence-corrected chi connectivity index (χ2v) is 7.31. The van der Waals surface area contributed by atoms with E-state index in [2.05, 4.69) is 11.4 Å². The monoisotopic (exact) mass is 247 g/mol. The van der Waals surface area contributed by atoms with E-state index in [1.54, 1.807) is 18.4 Å². The minimum atomic E-state index is -2.95. The van der Waals surface area contributed by atoms with Crippen LogP contribution in [0.3, 0.4) is 0 Å². The lowest BCUT2D eigenvalue weighted by Gasteiger charge is -2.14. The highest BCUT2D eigenvalue weighted by atomic mass is 32.2. The minimum Gasteiger partial charge on any atom is -0.311 e. The van der Waals surface area contributed by atoms with Crippen LogP contribution in [0.1, 0.15) is 21.4 Å². The van der Waals surface area contributed by atoms with Gasteiger partial charge in [0.25, 0.3) is 0 Å². The molecule has 1 unspecified atom stereocenters. The van der Waals surface area contributed by atoms with Gasteiger partial charge in [-0.3, -0.25) is 0 Å². The fourth-order valence-corrected chi connectivity index (χ4v) is 3.79. The third-order valence-corrected chi connectivity index (χ3v) is 4.42. The van der Waals surface area contributed by atoms with Gasteiger partial charge < -0.3 is 5.32 Å². The summed E-state index contributed by atoms with van der Waals surface area (Å²) >= 11 is 1.66. The molecule has 0 spiro atoms. The zero-order valence-corrected chi connectivity index (χ0v) is 11.1. The number of aryl methyl sites for hydroxylation is 2. The Bertz CT molecular complexity index is 434. The molecular weight excluding hydrogens is 230 g/mol. The molecule has 0 aliphatic heterocycles. The first-order valence-electron chi connectivity index (χ1n) is 4.75. The van der Waals surface area contributed by atoms with Crippen LogP contribution >= 0.6 is 11.3 Å². The maximum absolute atomic E-state index is 11.3. The average Bonchev–Trinajstić information content (AvgIpc) is 2.39. The van der Waals surface area contributed by atoms with E-state index in [0.29, 0.717) is 0 Å². The fraction of sp³-hybridized carbons (Fsp3) is 0.600. The molecule has 0 radical (unpaired) electrons. The molecule has 86 valence electrons. The maximum Gasteiger partial charge on any atom is 0.149 e. The molecule has 0 saturated carbocycles. The number of hydrogen-bond acceptors (Lipinski definition) is 4. The molecule has 0 bridgehead atoms. The Labute approximate surface area is 95.4 Å². The molecule has 0 amide bonds. The zero-order valence-electron chi connectivity index (χ0n) is 9.49. The molecule has 0 saturated heterocycles. The molecule has 1 heterocycles. The van der Waals surface area contributed by atoms with Gasteiger partial charge in [0.2, 0.25) is 0 Å². The molecule has 3 nitrogen and oxygen atoms in total. The van der Waals surface area contributed by atoms with Crippen LogP contribution in [0.4, 0.5) is 0 Å². The fourth-order valence-electron chi connectivity index (χ4n) is 1.60. The molecule has 1 aromatic rings. The number of nitrogens with one attached hydrogen (secondary N) is 1. The van der Waals surface area contributed by atoms with E-state index in [4.69, 9.17) is 0 Å². The summed E-state index contributed by atoms with van der Waals surface area (Å²) in [4.78, 5) is 2.34. The van der Waals surface area contributed by atoms with Gasteiger partial charge in [-0.2, -0.15) is 0 Å². The molecule has 15 heavy (non-hydrogen) atoms. The zero-order chi connectivity index (χ0) is 11.6. The van der Waals surface area contributed by atoms with Crippen molar-refractivity contribution in [3.05, 3.63) is 21.4 Å². The molecule has 0 aliphatic rings. The highest BCUT2D eigenvalue weighted by Gasteiger charge is 2.19. The lowest BCUT2D eigenvalue weighted by molar-refractivity contribution is 0.581. The van der Waals surface area contributed by atoms with Crippen LogP contribution in [0.25, 0.3) is 0 Å². The first kappa shape index (κ1) is 12.7. The Balaban J connectivity index is 2.98. The van der Waals surface area contributed by atoms with Crippen molar-refractivity contribution in [1.29, 1.82) is 0 Å². The van der Waals surface area contributed by atoms with Gasteiger partial charge >= 0.3 is 0 Å². The van der Waals surface area contributed by atoms with Gasteiger partial charge in [-0.05, 0) is 32.5 Å². The summed E-state index contributed by atoms with van der Waals surface area (Å²) < 4.78 is 22.5. The van der Waals surface area contributed by atoms with Crippen LogP contribution < -0.4 is 5.32 Å². The predicted octanol–water partition coefficient (Wildman–Crippen LogP) is 1.67. The van der Waals surface area contributed by atoms with Crippen LogP contribution in [0.5, 0.6) is 0 Å². The summed E-state index contributed by atoms with van der Waals surface area (Å²) in [6.45, 7) is 4.06. The molecule has 5 heteroatoms. The first-order valence-corrected chi connectivity index (χ1v) is 7.63. The largest absolute Gasteiger partial charge is 0.311 e. The predicted molar refractivity (Wildman–Crippen MR) is 65.3 cm³/mol. The van der Waals surface area contributed by atoms with Crippen molar-refractivity contribution in [1.82, 2.24) is 5.32 Å². The second-order valence-electron chi connectivity index (χ2n) is 3.84. The quantitative estimate of drug-likeness (QED) is 0.880. The standard InChI is InChI=1S/C10H17NO2S2/c1-7-5-8(2)14-10(7)9(11-3)6-15(4,12)13/h5,9,11H,6H2,1-4H3. The molecule has 1 aromatic heterocycles. The maximum atomic E-state index is 11.3. The van der Waals surface area contributed by atoms with Crippen molar-refractivity contribution in [3.63, 3.8) is 0 Å². The second kappa shape index (κ2) is 4.63. The third-order valence-electron chi connectivity index (χ3n) is 2.21. The van der Waals surface area contributed by atoms with E-state index < -0.39 is 9.84 Å². The van der Waals surface area contributed by atoms with Crippen molar-refractivity contribution >= 4 is 21.2 Å². The summed E-state index contributed by atoms with van der Waals surface area (Å²) in [6, 6.07) is 2.01. The topological polar surface area (TPSA) is 46.2 Å². The van der Waals surface area contributed by atoms with E-state index in [1.165, 1.54) is 16.7 Å². The third kappa shape index (κ3) is 3.59. The summed E-state index contributed by atoms with van der Waals surface area (Å²) in [7, 11) is -1.15. The van der Waals surface area contributed by atoms with Crippen molar-refractivity contribution in [2.75, 3.05) is 19.1 Å². The van der Waals surface area contributed by atoms with Gasteiger partial charge in [0.1, 0.15) is 9.84 Å². The average molecular weight is 247 g/mol. The van der Waals surface area contributed by atoms with Gasteiger partial charge in [0.15, 0.2) is 0 Å². The van der Waals surface area contributed by atoms with Crippen LogP contribution in [-0.2, 0) is 9.84 Å². The van der Waals surface area contributed by atoms with Crippen molar-refractivity contribution < 1.29 is 8.42 Å². The molecule has 1 atom stereocenters. The van der Waals surface area contributed by atoms with Crippen LogP contribution in [0, 0.1) is 13.8 Å². The minimum absolute atomic E-state index is 0.0845. The Hall–Kier alpha value is -0.390. The van der Waals surface area contributed by atoms with Gasteiger partial charge in [-0.15, -0.1) is 11.3 Å². The molecule has 1 N–H and O–H groups in total. The van der Waals surface area contributed by atoms with E-state index >= 15 is 0 Å². The number of thiophene rings is 1. The smallest absolute Gasteiger partial charge is 0.149 e. The lowest BCUT2D eigenvalue weighted by Crippen LogP contribution is -2.24. The Kier molecular flexibility index (Phi) is 3.92. The molecular formula is C10H17NO2S2. The van der Waals surface area contributed by atoms with Gasteiger partial charge in [-0.1, -0.05) is 0 Å². The van der Waals surface area contributed by atoms with Crippen LogP contribution in [-0.4, -0.2) is 27.5 Å². The Morgan fingerprint density at radius 2 is 2.07 bits per heavy atom. The van der Waals surface area contributed by atoms with Crippen LogP contribution in [0.2, 0.25) is 0 Å². The van der Waals surface area contributed by atoms with Gasteiger partial charge in [-0.25, -0.2) is 8.42 Å². The molecule has 0 aromatic carbocycles. The van der Waals surface area contributed by atoms with Crippen molar-refractivity contribution in [2.45, 2.75) is 19.9 Å². The summed E-state index contributed by atoms with van der Waals surface area (Å²) in [5, 5.41) is 3.06. The Morgan fingerprint density at radius 3 is 2.40 bits per heavy atom. The van der Waals surface area contributed by atoms with Gasteiger partial charge in [0.05, 0.1) is 11.8 Å². The number of sulfone groups is 1. The summed E-state index contributed by atoms with van der Waals surface area (Å²) in [5.41, 5.74) is 1.17. The van der Waals surface area contributed by atoms with E-state index in [1.807, 2.05) is 13.8 Å². The first-order chi connectivity index (χ1) is 6.83. The molecule has 1 rings (SSSR count). The van der Waals surface area contributed by atoms with E-state index in [9.17, 15) is 8.42 Å². The lowest BCUT2D eigenvalue weighted by atomic mass is 10.2. The number of hydrogen-bond donors (Lipinski definition) is 1.